The zero-order valence-electron chi connectivity index (χ0n) is 22.8. The number of piperazine rings is 1. The van der Waals surface area contributed by atoms with Crippen molar-refractivity contribution < 1.29 is 19.1 Å². The number of piperidine rings is 1. The SMILES string of the molecule is O=C1[C@H]2Cc3c([nH]c4ccccc34)[C@@H](c3ccc4c(c3)OCO4)N2C(=O)CN1C1CCN(Cc2ccccc2)CC1. The molecule has 1 aromatic heterocycles. The third-order valence-electron chi connectivity index (χ3n) is 9.25. The van der Waals surface area contributed by atoms with Crippen molar-refractivity contribution in [2.45, 2.75) is 43.9 Å². The number of carbonyl (C=O) groups is 2. The maximum absolute atomic E-state index is 14.3. The molecule has 8 rings (SSSR count). The highest BCUT2D eigenvalue weighted by molar-refractivity contribution is 5.98. The first-order valence-corrected chi connectivity index (χ1v) is 14.5. The average Bonchev–Trinajstić information content (AvgIpc) is 3.63. The molecule has 1 N–H and O–H groups in total. The molecule has 3 aromatic carbocycles. The molecule has 5 heterocycles. The van der Waals surface area contributed by atoms with Crippen LogP contribution >= 0.6 is 0 Å². The summed E-state index contributed by atoms with van der Waals surface area (Å²) in [5.41, 5.74) is 5.33. The van der Waals surface area contributed by atoms with Crippen molar-refractivity contribution in [3.63, 3.8) is 0 Å². The number of hydrogen-bond acceptors (Lipinski definition) is 5. The van der Waals surface area contributed by atoms with E-state index in [2.05, 4.69) is 46.3 Å². The molecule has 8 heteroatoms. The molecule has 0 saturated carbocycles. The number of likely N-dealkylation sites (tertiary alicyclic amines) is 1. The Balaban J connectivity index is 1.10. The van der Waals surface area contributed by atoms with Gasteiger partial charge in [0.1, 0.15) is 12.6 Å². The Morgan fingerprint density at radius 1 is 0.878 bits per heavy atom. The monoisotopic (exact) mass is 548 g/mol. The number of benzene rings is 3. The van der Waals surface area contributed by atoms with Crippen molar-refractivity contribution in [3.8, 4) is 11.5 Å². The van der Waals surface area contributed by atoms with Gasteiger partial charge in [0.2, 0.25) is 18.6 Å². The van der Waals surface area contributed by atoms with Gasteiger partial charge in [0.15, 0.2) is 11.5 Å². The first kappa shape index (κ1) is 24.5. The minimum Gasteiger partial charge on any atom is -0.454 e. The number of amides is 2. The lowest BCUT2D eigenvalue weighted by Gasteiger charge is -2.49. The van der Waals surface area contributed by atoms with Gasteiger partial charge in [-0.25, -0.2) is 0 Å². The van der Waals surface area contributed by atoms with Crippen LogP contribution in [0.2, 0.25) is 0 Å². The van der Waals surface area contributed by atoms with Gasteiger partial charge in [-0.05, 0) is 47.7 Å². The lowest BCUT2D eigenvalue weighted by atomic mass is 9.85. The van der Waals surface area contributed by atoms with Crippen LogP contribution in [0.5, 0.6) is 11.5 Å². The Kier molecular flexibility index (Phi) is 5.77. The van der Waals surface area contributed by atoms with E-state index >= 15 is 0 Å². The Morgan fingerprint density at radius 3 is 2.51 bits per heavy atom. The zero-order valence-corrected chi connectivity index (χ0v) is 22.8. The summed E-state index contributed by atoms with van der Waals surface area (Å²) < 4.78 is 11.2. The van der Waals surface area contributed by atoms with E-state index in [4.69, 9.17) is 9.47 Å². The van der Waals surface area contributed by atoms with E-state index in [1.54, 1.807) is 0 Å². The van der Waals surface area contributed by atoms with Crippen molar-refractivity contribution in [1.82, 2.24) is 19.7 Å². The molecule has 0 spiro atoms. The van der Waals surface area contributed by atoms with Crippen molar-refractivity contribution in [1.29, 1.82) is 0 Å². The van der Waals surface area contributed by atoms with Crippen LogP contribution in [0.15, 0.2) is 72.8 Å². The van der Waals surface area contributed by atoms with E-state index in [1.807, 2.05) is 46.2 Å². The molecule has 4 aliphatic heterocycles. The number of H-pyrrole nitrogens is 1. The smallest absolute Gasteiger partial charge is 0.246 e. The molecular formula is C33H32N4O4. The number of nitrogens with one attached hydrogen (secondary N) is 1. The van der Waals surface area contributed by atoms with Gasteiger partial charge in [0, 0.05) is 48.7 Å². The van der Waals surface area contributed by atoms with Gasteiger partial charge in [-0.1, -0.05) is 54.6 Å². The largest absolute Gasteiger partial charge is 0.454 e. The van der Waals surface area contributed by atoms with Crippen LogP contribution in [0.4, 0.5) is 0 Å². The fourth-order valence-electron chi connectivity index (χ4n) is 7.26. The van der Waals surface area contributed by atoms with Gasteiger partial charge in [-0.15, -0.1) is 0 Å². The highest BCUT2D eigenvalue weighted by atomic mass is 16.7. The lowest BCUT2D eigenvalue weighted by Crippen LogP contribution is -2.65. The van der Waals surface area contributed by atoms with E-state index in [0.717, 1.165) is 60.2 Å². The lowest BCUT2D eigenvalue weighted by molar-refractivity contribution is -0.161. The number of nitrogens with zero attached hydrogens (tertiary/aromatic N) is 3. The molecule has 8 nitrogen and oxygen atoms in total. The minimum absolute atomic E-state index is 0.00621. The maximum Gasteiger partial charge on any atom is 0.246 e. The summed E-state index contributed by atoms with van der Waals surface area (Å²) in [7, 11) is 0. The molecule has 2 saturated heterocycles. The molecule has 0 aliphatic carbocycles. The van der Waals surface area contributed by atoms with E-state index in [-0.39, 0.29) is 31.2 Å². The molecular weight excluding hydrogens is 516 g/mol. The fourth-order valence-corrected chi connectivity index (χ4v) is 7.26. The van der Waals surface area contributed by atoms with Crippen LogP contribution in [0.25, 0.3) is 10.9 Å². The minimum atomic E-state index is -0.541. The second kappa shape index (κ2) is 9.66. The second-order valence-electron chi connectivity index (χ2n) is 11.6. The Labute approximate surface area is 238 Å². The van der Waals surface area contributed by atoms with Crippen LogP contribution in [-0.2, 0) is 22.6 Å². The van der Waals surface area contributed by atoms with Crippen molar-refractivity contribution in [2.24, 2.45) is 0 Å². The van der Waals surface area contributed by atoms with Gasteiger partial charge >= 0.3 is 0 Å². The molecule has 4 aromatic rings. The quantitative estimate of drug-likeness (QED) is 0.413. The zero-order chi connectivity index (χ0) is 27.5. The summed E-state index contributed by atoms with van der Waals surface area (Å²) in [6, 6.07) is 23.7. The van der Waals surface area contributed by atoms with Crippen LogP contribution < -0.4 is 9.47 Å². The van der Waals surface area contributed by atoms with Crippen LogP contribution in [0.1, 0.15) is 41.3 Å². The summed E-state index contributed by atoms with van der Waals surface area (Å²) >= 11 is 0. The highest BCUT2D eigenvalue weighted by Crippen LogP contribution is 2.45. The number of aromatic amines is 1. The number of ether oxygens (including phenoxy) is 2. The summed E-state index contributed by atoms with van der Waals surface area (Å²) in [6.45, 7) is 3.05. The average molecular weight is 549 g/mol. The number of rotatable bonds is 4. The van der Waals surface area contributed by atoms with Gasteiger partial charge in [0.05, 0.1) is 6.04 Å². The topological polar surface area (TPSA) is 78.1 Å². The number of carbonyl (C=O) groups excluding carboxylic acids is 2. The summed E-state index contributed by atoms with van der Waals surface area (Å²) in [6.07, 6.45) is 2.26. The number of aromatic nitrogens is 1. The maximum atomic E-state index is 14.3. The van der Waals surface area contributed by atoms with Crippen molar-refractivity contribution in [2.75, 3.05) is 26.4 Å². The van der Waals surface area contributed by atoms with E-state index in [1.165, 1.54) is 5.56 Å². The van der Waals surface area contributed by atoms with Crippen molar-refractivity contribution >= 4 is 22.7 Å². The Morgan fingerprint density at radius 2 is 1.66 bits per heavy atom. The molecule has 2 fully saturated rings. The standard InChI is InChI=1S/C33H32N4O4/c38-30-19-36(23-12-14-35(15-13-23)18-21-6-2-1-3-7-21)33(39)27-17-25-24-8-4-5-9-26(24)34-31(25)32(37(27)30)22-10-11-28-29(16-22)41-20-40-28/h1-11,16,23,27,32,34H,12-15,17-20H2/t27-,32-/m1/s1. The van der Waals surface area contributed by atoms with E-state index in [0.29, 0.717) is 17.9 Å². The molecule has 0 radical (unpaired) electrons. The van der Waals surface area contributed by atoms with Crippen LogP contribution in [0.3, 0.4) is 0 Å². The van der Waals surface area contributed by atoms with Gasteiger partial charge < -0.3 is 24.3 Å². The number of hydrogen-bond donors (Lipinski definition) is 1. The Bertz CT molecular complexity index is 1640. The third-order valence-corrected chi connectivity index (χ3v) is 9.25. The van der Waals surface area contributed by atoms with Gasteiger partial charge in [-0.3, -0.25) is 14.5 Å². The van der Waals surface area contributed by atoms with E-state index in [9.17, 15) is 9.59 Å². The third kappa shape index (κ3) is 4.08. The fraction of sp³-hybridized carbons (Fsp3) is 0.333. The highest BCUT2D eigenvalue weighted by Gasteiger charge is 2.49. The number of fused-ring (bicyclic) bond motifs is 5. The molecule has 4 aliphatic rings. The number of para-hydroxylation sites is 1. The van der Waals surface area contributed by atoms with Crippen LogP contribution in [0, 0.1) is 0 Å². The first-order chi connectivity index (χ1) is 20.1. The predicted octanol–water partition coefficient (Wildman–Crippen LogP) is 4.25. The molecule has 41 heavy (non-hydrogen) atoms. The van der Waals surface area contributed by atoms with Gasteiger partial charge in [0.25, 0.3) is 0 Å². The second-order valence-corrected chi connectivity index (χ2v) is 11.6. The molecule has 2 amide bonds. The predicted molar refractivity (Wildman–Crippen MR) is 153 cm³/mol. The first-order valence-electron chi connectivity index (χ1n) is 14.5. The molecule has 0 bridgehead atoms. The Hall–Kier alpha value is -4.30. The molecule has 0 unspecified atom stereocenters. The molecule has 2 atom stereocenters. The summed E-state index contributed by atoms with van der Waals surface area (Å²) in [4.78, 5) is 38.1. The van der Waals surface area contributed by atoms with Crippen LogP contribution in [-0.4, -0.2) is 70.0 Å². The summed E-state index contributed by atoms with van der Waals surface area (Å²) in [5.74, 6) is 1.42. The molecule has 208 valence electrons. The van der Waals surface area contributed by atoms with Crippen molar-refractivity contribution in [3.05, 3.63) is 95.2 Å². The normalized spacial score (nSPS) is 22.7. The summed E-state index contributed by atoms with van der Waals surface area (Å²) in [5, 5.41) is 1.11. The van der Waals surface area contributed by atoms with Gasteiger partial charge in [-0.2, -0.15) is 0 Å². The van der Waals surface area contributed by atoms with E-state index < -0.39 is 12.1 Å².